The number of benzene rings is 3. The van der Waals surface area contributed by atoms with E-state index in [1.54, 1.807) is 11.8 Å². The average Bonchev–Trinajstić information content (AvgIpc) is 3.96. The Labute approximate surface area is 324 Å². The summed E-state index contributed by atoms with van der Waals surface area (Å²) < 4.78 is 55.6. The number of ether oxygens (including phenoxy) is 9. The second-order valence-electron chi connectivity index (χ2n) is 13.5. The van der Waals surface area contributed by atoms with E-state index in [0.29, 0.717) is 6.61 Å². The van der Waals surface area contributed by atoms with E-state index >= 15 is 0 Å². The van der Waals surface area contributed by atoms with E-state index in [2.05, 4.69) is 0 Å². The SMILES string of the molecule is CC(=O)OC[C@H]1O[C@@H](O[C@@H]2[C@@H](OCc3ccccc3)[C@H](OCc3ccccc3)[C@@H](OCc3ccccc3)[C@H]3S[C@@H]23)[C@H](OC(C)=O)[C@@H](OC(C)=O)[C@@H]1OC(C)=O. The van der Waals surface area contributed by atoms with E-state index in [1.807, 2.05) is 91.0 Å². The van der Waals surface area contributed by atoms with Gasteiger partial charge in [-0.3, -0.25) is 19.2 Å². The van der Waals surface area contributed by atoms with Crippen molar-refractivity contribution in [2.24, 2.45) is 0 Å². The summed E-state index contributed by atoms with van der Waals surface area (Å²) in [5.74, 6) is -2.80. The summed E-state index contributed by atoms with van der Waals surface area (Å²) in [4.78, 5) is 49.3. The molecule has 0 aromatic heterocycles. The molecule has 13 nitrogen and oxygen atoms in total. The molecular formula is C41H46O13S. The lowest BCUT2D eigenvalue weighted by molar-refractivity contribution is -0.329. The molecule has 0 spiro atoms. The van der Waals surface area contributed by atoms with E-state index in [9.17, 15) is 19.2 Å². The van der Waals surface area contributed by atoms with Crippen molar-refractivity contribution in [3.8, 4) is 0 Å². The molecule has 14 heteroatoms. The molecule has 3 aromatic carbocycles. The highest BCUT2D eigenvalue weighted by atomic mass is 32.2. The quantitative estimate of drug-likeness (QED) is 0.112. The van der Waals surface area contributed by atoms with Crippen LogP contribution in [0.25, 0.3) is 0 Å². The van der Waals surface area contributed by atoms with Gasteiger partial charge in [0.2, 0.25) is 0 Å². The summed E-state index contributed by atoms with van der Waals surface area (Å²) >= 11 is 1.64. The molecule has 2 saturated heterocycles. The van der Waals surface area contributed by atoms with Crippen LogP contribution in [0.4, 0.5) is 0 Å². The van der Waals surface area contributed by atoms with Crippen LogP contribution in [0.15, 0.2) is 91.0 Å². The molecule has 2 heterocycles. The van der Waals surface area contributed by atoms with E-state index in [0.717, 1.165) is 16.7 Å². The highest BCUT2D eigenvalue weighted by molar-refractivity contribution is 8.07. The number of hydrogen-bond donors (Lipinski definition) is 0. The maximum absolute atomic E-state index is 12.6. The van der Waals surface area contributed by atoms with Crippen LogP contribution in [0.1, 0.15) is 44.4 Å². The van der Waals surface area contributed by atoms with Crippen molar-refractivity contribution in [2.75, 3.05) is 6.61 Å². The highest BCUT2D eigenvalue weighted by Gasteiger charge is 2.64. The van der Waals surface area contributed by atoms with Crippen LogP contribution in [0.2, 0.25) is 0 Å². The molecule has 1 aliphatic carbocycles. The van der Waals surface area contributed by atoms with Crippen molar-refractivity contribution in [3.05, 3.63) is 108 Å². The van der Waals surface area contributed by atoms with Crippen molar-refractivity contribution < 1.29 is 61.8 Å². The summed E-state index contributed by atoms with van der Waals surface area (Å²) in [6, 6.07) is 29.3. The van der Waals surface area contributed by atoms with Crippen molar-refractivity contribution in [1.82, 2.24) is 0 Å². The van der Waals surface area contributed by atoms with Gasteiger partial charge in [0.1, 0.15) is 31.0 Å². The van der Waals surface area contributed by atoms with Gasteiger partial charge in [-0.25, -0.2) is 0 Å². The predicted molar refractivity (Wildman–Crippen MR) is 197 cm³/mol. The zero-order chi connectivity index (χ0) is 38.9. The van der Waals surface area contributed by atoms with Gasteiger partial charge in [-0.2, -0.15) is 0 Å². The summed E-state index contributed by atoms with van der Waals surface area (Å²) in [7, 11) is 0. The first kappa shape index (κ1) is 40.4. The molecule has 2 aliphatic heterocycles. The second kappa shape index (κ2) is 19.0. The fraction of sp³-hybridized carbons (Fsp3) is 0.463. The third kappa shape index (κ3) is 10.9. The van der Waals surface area contributed by atoms with Gasteiger partial charge < -0.3 is 42.6 Å². The number of thioether (sulfide) groups is 1. The Bertz CT molecular complexity index is 1730. The Morgan fingerprint density at radius 1 is 0.509 bits per heavy atom. The van der Waals surface area contributed by atoms with Crippen molar-refractivity contribution in [3.63, 3.8) is 0 Å². The zero-order valence-electron chi connectivity index (χ0n) is 31.1. The Kier molecular flexibility index (Phi) is 14.0. The molecule has 3 aromatic rings. The lowest BCUT2D eigenvalue weighted by atomic mass is 9.88. The number of fused-ring (bicyclic) bond motifs is 1. The largest absolute Gasteiger partial charge is 0.463 e. The summed E-state index contributed by atoms with van der Waals surface area (Å²) in [6.07, 6.45) is -9.22. The summed E-state index contributed by atoms with van der Waals surface area (Å²) in [6.45, 7) is 5.19. The molecule has 0 radical (unpaired) electrons. The molecule has 3 aliphatic rings. The van der Waals surface area contributed by atoms with Gasteiger partial charge in [0.25, 0.3) is 0 Å². The lowest BCUT2D eigenvalue weighted by Crippen LogP contribution is -2.65. The van der Waals surface area contributed by atoms with Crippen molar-refractivity contribution >= 4 is 35.6 Å². The van der Waals surface area contributed by atoms with Crippen LogP contribution in [0.3, 0.4) is 0 Å². The molecule has 6 rings (SSSR count). The van der Waals surface area contributed by atoms with Crippen LogP contribution in [-0.2, 0) is 81.6 Å². The monoisotopic (exact) mass is 778 g/mol. The smallest absolute Gasteiger partial charge is 0.303 e. The van der Waals surface area contributed by atoms with Gasteiger partial charge in [0.05, 0.1) is 25.9 Å². The number of esters is 4. The minimum atomic E-state index is -1.40. The molecule has 11 atom stereocenters. The first-order valence-corrected chi connectivity index (χ1v) is 19.1. The highest BCUT2D eigenvalue weighted by Crippen LogP contribution is 2.55. The maximum atomic E-state index is 12.6. The molecule has 1 saturated carbocycles. The van der Waals surface area contributed by atoms with Crippen molar-refractivity contribution in [2.45, 2.75) is 113 Å². The molecule has 0 bridgehead atoms. The Hall–Kier alpha value is -4.31. The van der Waals surface area contributed by atoms with E-state index in [1.165, 1.54) is 27.7 Å². The topological polar surface area (TPSA) is 151 Å². The fourth-order valence-corrected chi connectivity index (χ4v) is 8.23. The van der Waals surface area contributed by atoms with Crippen LogP contribution in [0.5, 0.6) is 0 Å². The Balaban J connectivity index is 1.36. The number of hydrogen-bond acceptors (Lipinski definition) is 14. The Morgan fingerprint density at radius 2 is 0.927 bits per heavy atom. The van der Waals surface area contributed by atoms with Crippen LogP contribution in [-0.4, -0.2) is 96.1 Å². The standard InChI is InChI=1S/C41H46O13S/c1-24(42)46-23-31-32(50-25(2)43)35(51-26(3)44)38(52-27(4)45)41(53-31)54-37-34(48-21-29-16-10-6-11-17-29)33(47-20-28-14-8-5-9-15-28)36(39-40(37)55-39)49-22-30-18-12-7-13-19-30/h5-19,31-41H,20-23H2,1-4H3/t31-,32-,33+,34+,35+,36-,37-,38-,39-,40+,41+/m1/s1. The minimum absolute atomic E-state index is 0.0725. The summed E-state index contributed by atoms with van der Waals surface area (Å²) in [5, 5.41) is -0.248. The molecule has 55 heavy (non-hydrogen) atoms. The van der Waals surface area contributed by atoms with Crippen LogP contribution in [0, 0.1) is 0 Å². The molecular weight excluding hydrogens is 733 g/mol. The number of rotatable bonds is 16. The van der Waals surface area contributed by atoms with E-state index in [4.69, 9.17) is 42.6 Å². The van der Waals surface area contributed by atoms with Gasteiger partial charge in [-0.05, 0) is 16.7 Å². The van der Waals surface area contributed by atoms with Gasteiger partial charge in [-0.1, -0.05) is 91.0 Å². The summed E-state index contributed by atoms with van der Waals surface area (Å²) in [5.41, 5.74) is 2.88. The lowest BCUT2D eigenvalue weighted by Gasteiger charge is -2.47. The predicted octanol–water partition coefficient (Wildman–Crippen LogP) is 4.71. The van der Waals surface area contributed by atoms with Crippen LogP contribution >= 0.6 is 11.8 Å². The van der Waals surface area contributed by atoms with Gasteiger partial charge in [0.15, 0.2) is 24.6 Å². The first-order chi connectivity index (χ1) is 26.6. The van der Waals surface area contributed by atoms with Gasteiger partial charge >= 0.3 is 23.9 Å². The molecule has 294 valence electrons. The average molecular weight is 779 g/mol. The zero-order valence-corrected chi connectivity index (χ0v) is 31.9. The number of carbonyl (C=O) groups excluding carboxylic acids is 4. The molecule has 0 amide bonds. The molecule has 3 fully saturated rings. The first-order valence-electron chi connectivity index (χ1n) is 18.2. The third-order valence-corrected chi connectivity index (χ3v) is 10.7. The van der Waals surface area contributed by atoms with Gasteiger partial charge in [-0.15, -0.1) is 11.8 Å². The number of carbonyl (C=O) groups is 4. The van der Waals surface area contributed by atoms with E-state index < -0.39 is 79.0 Å². The van der Waals surface area contributed by atoms with Gasteiger partial charge in [0, 0.05) is 38.2 Å². The normalized spacial score (nSPS) is 29.6. The van der Waals surface area contributed by atoms with Crippen LogP contribution < -0.4 is 0 Å². The Morgan fingerprint density at radius 3 is 1.40 bits per heavy atom. The minimum Gasteiger partial charge on any atom is -0.463 e. The molecule has 0 unspecified atom stereocenters. The fourth-order valence-electron chi connectivity index (χ4n) is 6.89. The molecule has 0 N–H and O–H groups in total. The second-order valence-corrected chi connectivity index (χ2v) is 14.9. The maximum Gasteiger partial charge on any atom is 0.303 e. The third-order valence-electron chi connectivity index (χ3n) is 9.28. The van der Waals surface area contributed by atoms with Crippen molar-refractivity contribution in [1.29, 1.82) is 0 Å². The van der Waals surface area contributed by atoms with E-state index in [-0.39, 0.29) is 30.3 Å².